The zero-order valence-corrected chi connectivity index (χ0v) is 74.0. The van der Waals surface area contributed by atoms with Gasteiger partial charge in [-0.05, 0) is 74.9 Å². The molecule has 2 aromatic rings. The number of nitrogens with one attached hydrogen (secondary N) is 9. The van der Waals surface area contributed by atoms with Crippen molar-refractivity contribution in [2.45, 2.75) is 180 Å². The molecule has 5 rings (SSSR count). The number of esters is 1. The lowest BCUT2D eigenvalue weighted by molar-refractivity contribution is -0.148. The van der Waals surface area contributed by atoms with Crippen LogP contribution in [-0.4, -0.2) is 311 Å². The quantitative estimate of drug-likeness (QED) is 0.0183. The van der Waals surface area contributed by atoms with Crippen LogP contribution in [0.15, 0.2) is 66.7 Å². The van der Waals surface area contributed by atoms with Crippen molar-refractivity contribution in [2.75, 3.05) is 139 Å². The topological polar surface area (TPSA) is 538 Å². The number of likely N-dealkylation sites (N-methyl/N-ethyl adjacent to an activating group) is 2. The van der Waals surface area contributed by atoms with Crippen molar-refractivity contribution in [1.82, 2.24) is 62.1 Å². The summed E-state index contributed by atoms with van der Waals surface area (Å²) in [5.74, 6) is -10.5. The molecule has 12 N–H and O–H groups in total. The minimum atomic E-state index is -4.94. The first-order valence-electron chi connectivity index (χ1n) is 40.9. The molecule has 2 aromatic carbocycles. The number of phosphoric acid groups is 1. The lowest BCUT2D eigenvalue weighted by atomic mass is 9.89. The third-order valence-corrected chi connectivity index (χ3v) is 22.4. The van der Waals surface area contributed by atoms with Gasteiger partial charge in [0.05, 0.1) is 140 Å². The van der Waals surface area contributed by atoms with Crippen LogP contribution < -0.4 is 47.9 Å². The SMILES string of the molecule is CC[C@H](C)[C@@H]([C@@H](CC(=O)N1CCC[C@H]1[C@H](OC)[C@@H](C)C(=O)N[C@H](C)[C@@H](OP(=O)(O)OCc1ccc(NC(=O)CNC(=O)CNC(=O)[C@H](CC(=O)N[C@H]2CCOC2=O)NC(=O)CCOCCOCCOCCOCCNC(=O)[C@H](CNC(=O)CCP(=O)(O)O)N2C(=O)C=CC2=O)cc1)c1ccccc1)OC)N(C)C(=O)[C@@H](NC(=O)[C@H](C(C)C)N(C)C)C(C)C. The van der Waals surface area contributed by atoms with Gasteiger partial charge in [-0.2, -0.15) is 0 Å². The highest BCUT2D eigenvalue weighted by atomic mass is 31.2. The van der Waals surface area contributed by atoms with Gasteiger partial charge in [0, 0.05) is 78.0 Å². The number of phosphoric ester groups is 1. The number of imide groups is 1. The molecule has 0 saturated carbocycles. The zero-order chi connectivity index (χ0) is 91.3. The number of cyclic esters (lactones) is 1. The Kier molecular flexibility index (Phi) is 44.7. The molecule has 2 fully saturated rings. The minimum absolute atomic E-state index is 0.00434. The lowest BCUT2D eigenvalue weighted by Crippen LogP contribution is -2.59. The molecule has 0 aromatic heterocycles. The van der Waals surface area contributed by atoms with Crippen LogP contribution in [0.2, 0.25) is 0 Å². The highest BCUT2D eigenvalue weighted by Gasteiger charge is 2.45. The van der Waals surface area contributed by atoms with Gasteiger partial charge in [-0.3, -0.25) is 85.7 Å². The van der Waals surface area contributed by atoms with E-state index >= 15 is 0 Å². The number of hydrogen-bond donors (Lipinski definition) is 12. The number of rotatable bonds is 57. The Balaban J connectivity index is 1.04. The maximum absolute atomic E-state index is 14.6. The highest BCUT2D eigenvalue weighted by Crippen LogP contribution is 2.50. The number of ether oxygens (including phenoxy) is 7. The molecule has 41 nitrogen and oxygen atoms in total. The van der Waals surface area contributed by atoms with Gasteiger partial charge in [0.25, 0.3) is 11.8 Å². The molecule has 3 heterocycles. The van der Waals surface area contributed by atoms with E-state index < -0.39 is 198 Å². The van der Waals surface area contributed by atoms with Gasteiger partial charge < -0.3 is 105 Å². The van der Waals surface area contributed by atoms with Crippen molar-refractivity contribution < 1.29 is 133 Å². The number of carbonyl (C=O) groups is 14. The van der Waals surface area contributed by atoms with Gasteiger partial charge >= 0.3 is 21.4 Å². The summed E-state index contributed by atoms with van der Waals surface area (Å²) in [4.78, 5) is 219. The van der Waals surface area contributed by atoms with Crippen molar-refractivity contribution in [3.63, 3.8) is 0 Å². The predicted octanol–water partition coefficient (Wildman–Crippen LogP) is 0.241. The summed E-state index contributed by atoms with van der Waals surface area (Å²) in [6, 6.07) is 6.93. The van der Waals surface area contributed by atoms with Crippen LogP contribution in [0.3, 0.4) is 0 Å². The summed E-state index contributed by atoms with van der Waals surface area (Å²) in [5, 5.41) is 22.9. The smallest absolute Gasteiger partial charge is 0.464 e. The van der Waals surface area contributed by atoms with Gasteiger partial charge in [-0.1, -0.05) is 97.4 Å². The van der Waals surface area contributed by atoms with Crippen LogP contribution in [-0.2, 0) is 125 Å². The van der Waals surface area contributed by atoms with Crippen molar-refractivity contribution >= 4 is 104 Å². The van der Waals surface area contributed by atoms with E-state index in [0.29, 0.717) is 41.8 Å². The Bertz CT molecular complexity index is 3950. The molecular formula is C80H125N13O28P2. The number of likely N-dealkylation sites (tertiary alicyclic amines) is 1. The normalized spacial score (nSPS) is 17.9. The second-order valence-electron chi connectivity index (χ2n) is 30.9. The molecule has 0 bridgehead atoms. The maximum atomic E-state index is 14.6. The molecule has 14 atom stereocenters. The summed E-state index contributed by atoms with van der Waals surface area (Å²) in [7, 11) is -1.14. The Morgan fingerprint density at radius 3 is 1.82 bits per heavy atom. The van der Waals surface area contributed by atoms with Crippen LogP contribution in [0.25, 0.3) is 0 Å². The van der Waals surface area contributed by atoms with E-state index in [0.717, 1.165) is 12.2 Å². The summed E-state index contributed by atoms with van der Waals surface area (Å²) >= 11 is 0. The van der Waals surface area contributed by atoms with Crippen molar-refractivity contribution in [1.29, 1.82) is 0 Å². The van der Waals surface area contributed by atoms with Crippen molar-refractivity contribution in [2.24, 2.45) is 23.7 Å². The molecule has 2 saturated heterocycles. The first-order chi connectivity index (χ1) is 58.2. The van der Waals surface area contributed by atoms with Crippen LogP contribution in [0.4, 0.5) is 5.69 Å². The fourth-order valence-corrected chi connectivity index (χ4v) is 15.5. The second-order valence-corrected chi connectivity index (χ2v) is 34.1. The molecule has 43 heteroatoms. The average molecular weight is 1780 g/mol. The molecule has 0 spiro atoms. The van der Waals surface area contributed by atoms with E-state index in [-0.39, 0.29) is 126 Å². The largest absolute Gasteiger partial charge is 0.473 e. The molecule has 0 aliphatic carbocycles. The third kappa shape index (κ3) is 35.5. The number of nitrogens with zero attached hydrogens (tertiary/aromatic N) is 4. The summed E-state index contributed by atoms with van der Waals surface area (Å²) in [6.07, 6.45) is -1.28. The van der Waals surface area contributed by atoms with Gasteiger partial charge in [-0.15, -0.1) is 0 Å². The van der Waals surface area contributed by atoms with E-state index in [2.05, 4.69) is 47.9 Å². The highest BCUT2D eigenvalue weighted by molar-refractivity contribution is 7.51. The molecule has 0 radical (unpaired) electrons. The van der Waals surface area contributed by atoms with Gasteiger partial charge in [0.2, 0.25) is 65.0 Å². The first-order valence-corrected chi connectivity index (χ1v) is 44.2. The Hall–Kier alpha value is -9.06. The van der Waals surface area contributed by atoms with Crippen LogP contribution >= 0.6 is 15.4 Å². The Labute approximate surface area is 716 Å². The number of anilines is 1. The fourth-order valence-electron chi connectivity index (χ4n) is 14.1. The minimum Gasteiger partial charge on any atom is -0.464 e. The molecule has 3 aliphatic rings. The summed E-state index contributed by atoms with van der Waals surface area (Å²) < 4.78 is 75.1. The van der Waals surface area contributed by atoms with Gasteiger partial charge in [0.1, 0.15) is 30.3 Å². The summed E-state index contributed by atoms with van der Waals surface area (Å²) in [6.45, 7) is 13.5. The number of carbonyl (C=O) groups excluding carboxylic acids is 14. The third-order valence-electron chi connectivity index (χ3n) is 20.7. The maximum Gasteiger partial charge on any atom is 0.473 e. The van der Waals surface area contributed by atoms with Gasteiger partial charge in [-0.25, -0.2) is 9.36 Å². The summed E-state index contributed by atoms with van der Waals surface area (Å²) in [5.41, 5.74) is 1.04. The van der Waals surface area contributed by atoms with Crippen molar-refractivity contribution in [3.8, 4) is 0 Å². The molecule has 1 unspecified atom stereocenters. The fraction of sp³-hybridized carbons (Fsp3) is 0.650. The van der Waals surface area contributed by atoms with E-state index in [9.17, 15) is 81.1 Å². The van der Waals surface area contributed by atoms with E-state index in [1.165, 1.54) is 38.5 Å². The average Bonchev–Trinajstić information content (AvgIpc) is 1.80. The molecule has 688 valence electrons. The molecule has 3 aliphatic heterocycles. The van der Waals surface area contributed by atoms with Crippen LogP contribution in [0.5, 0.6) is 0 Å². The van der Waals surface area contributed by atoms with E-state index in [4.69, 9.17) is 52.0 Å². The second kappa shape index (κ2) is 52.7. The van der Waals surface area contributed by atoms with E-state index in [1.54, 1.807) is 61.0 Å². The Morgan fingerprint density at radius 1 is 0.634 bits per heavy atom. The van der Waals surface area contributed by atoms with E-state index in [1.807, 2.05) is 60.5 Å². The monoisotopic (exact) mass is 1780 g/mol. The van der Waals surface area contributed by atoms with Crippen LogP contribution in [0, 0.1) is 23.7 Å². The zero-order valence-electron chi connectivity index (χ0n) is 72.2. The molecule has 13 amide bonds. The number of amides is 13. The standard InChI is InChI=1S/C80H125N13O28P2/c1-14-51(6)72(91(11)79(106)70(49(2)3)89-78(105)71(50(4)5)90(9)10)61(113-12)44-69(101)92-32-18-21-59(92)73(114-13)52(7)75(102)85-53(8)74(55-19-16-15-17-20-55)121-123(111,112)120-48-54-22-24-56(25-23-54)86-66(98)47-83-65(97)46-84-76(103)58(43-64(96)87-57-28-34-119-80(57)107)88-63(95)29-33-115-36-38-117-40-41-118-39-37-116-35-31-81-77(104)60(93-67(99)26-27-68(93)100)45-82-62(94)30-42-122(108,109)110/h15-17,19-20,22-27,49-53,57-61,70-74H,14,18,21,28-48H2,1-13H3,(H,81,104)(H,82,94)(H,83,97)(H,84,103)(H,85,102)(H,86,98)(H,87,96)(H,88,95)(H,89,105)(H,111,112)(H2,108,109,110)/t51-,52+,53+,57-,58-,59-,60-,61+,70-,71-,72-,73+,74+/m0/s1. The molecule has 123 heavy (non-hydrogen) atoms. The number of hydrogen-bond acceptors (Lipinski definition) is 26. The first kappa shape index (κ1) is 104. The number of methoxy groups -OCH3 is 2. The predicted molar refractivity (Wildman–Crippen MR) is 443 cm³/mol. The van der Waals surface area contributed by atoms with Crippen LogP contribution in [0.1, 0.15) is 124 Å². The lowest BCUT2D eigenvalue weighted by Gasteiger charge is -2.41. The molecular weight excluding hydrogens is 1650 g/mol. The van der Waals surface area contributed by atoms with Gasteiger partial charge in [0.15, 0.2) is 0 Å². The Morgan fingerprint density at radius 2 is 1.25 bits per heavy atom. The number of benzene rings is 2. The van der Waals surface area contributed by atoms with Crippen molar-refractivity contribution in [3.05, 3.63) is 77.9 Å².